The zero-order chi connectivity index (χ0) is 45.9. The molecule has 2 atom stereocenters. The molecule has 1 aliphatic carbocycles. The lowest BCUT2D eigenvalue weighted by molar-refractivity contribution is -0.122. The monoisotopic (exact) mass is 984 g/mol. The van der Waals surface area contributed by atoms with E-state index in [0.717, 1.165) is 20.0 Å². The molecule has 7 rings (SSSR count). The average Bonchev–Trinajstić information content (AvgIpc) is 3.65. The number of Topliss-reactive ketones (excluding diaryl/α,β-unsaturated/α-hetero) is 1. The summed E-state index contributed by atoms with van der Waals surface area (Å²) in [6.07, 6.45) is 2.07. The van der Waals surface area contributed by atoms with E-state index in [1.807, 2.05) is 29.0 Å². The Morgan fingerprint density at radius 3 is 2.33 bits per heavy atom. The van der Waals surface area contributed by atoms with Gasteiger partial charge in [0.25, 0.3) is 11.5 Å². The first-order chi connectivity index (χ1) is 30.3. The Morgan fingerprint density at radius 1 is 0.953 bits per heavy atom. The maximum Gasteiger partial charge on any atom is 0.422 e. The SMILES string of the molecule is CC(C)(C)OC(=O)N1CCC[C@H](OC(=O)NS(=O)(=O)N2CCN(C(=O)Nc3nccnc3C(=O)NC3Cc4ccccc4C3)CC2)[C@H]1CC(=O)Cn1cnc2cc(Br)c(Cl)cc2c1=O. The summed E-state index contributed by atoms with van der Waals surface area (Å²) >= 11 is 9.51. The van der Waals surface area contributed by atoms with Crippen molar-refractivity contribution in [2.24, 2.45) is 0 Å². The lowest BCUT2D eigenvalue weighted by Crippen LogP contribution is -2.57. The molecule has 2 aromatic heterocycles. The summed E-state index contributed by atoms with van der Waals surface area (Å²) in [6, 6.07) is 9.06. The number of nitrogens with zero attached hydrogens (tertiary/aromatic N) is 7. The quantitative estimate of drug-likeness (QED) is 0.203. The molecule has 64 heavy (non-hydrogen) atoms. The highest BCUT2D eigenvalue weighted by Gasteiger charge is 2.41. The van der Waals surface area contributed by atoms with Crippen molar-refractivity contribution in [2.75, 3.05) is 38.0 Å². The van der Waals surface area contributed by atoms with Gasteiger partial charge >= 0.3 is 28.4 Å². The van der Waals surface area contributed by atoms with Crippen molar-refractivity contribution in [3.8, 4) is 0 Å². The van der Waals surface area contributed by atoms with Crippen LogP contribution in [0.15, 0.2) is 64.4 Å². The van der Waals surface area contributed by atoms with Gasteiger partial charge in [0, 0.05) is 62.1 Å². The molecule has 2 saturated heterocycles. The molecule has 4 aromatic rings. The largest absolute Gasteiger partial charge is 0.444 e. The van der Waals surface area contributed by atoms with E-state index in [2.05, 4.69) is 41.5 Å². The maximum atomic E-state index is 13.6. The number of hydrogen-bond donors (Lipinski definition) is 3. The second-order valence-corrected chi connectivity index (χ2v) is 19.5. The molecule has 0 saturated carbocycles. The lowest BCUT2D eigenvalue weighted by atomic mass is 9.94. The molecule has 0 spiro atoms. The number of ketones is 1. The third-order valence-corrected chi connectivity index (χ3v) is 13.5. The maximum absolute atomic E-state index is 13.6. The van der Waals surface area contributed by atoms with Gasteiger partial charge in [0.05, 0.1) is 34.8 Å². The number of carbonyl (C=O) groups excluding carboxylic acids is 5. The number of piperidine rings is 1. The van der Waals surface area contributed by atoms with Crippen LogP contribution in [0, 0.1) is 0 Å². The second kappa shape index (κ2) is 19.2. The van der Waals surface area contributed by atoms with Crippen molar-refractivity contribution >= 4 is 84.4 Å². The summed E-state index contributed by atoms with van der Waals surface area (Å²) in [5, 5.41) is 6.03. The van der Waals surface area contributed by atoms with Gasteiger partial charge < -0.3 is 24.6 Å². The number of benzene rings is 2. The summed E-state index contributed by atoms with van der Waals surface area (Å²) < 4.78 is 42.6. The minimum absolute atomic E-state index is 0.0635. The molecule has 4 heterocycles. The molecular formula is C41H46BrClN10O10S. The number of fused-ring (bicyclic) bond motifs is 2. The van der Waals surface area contributed by atoms with Crippen LogP contribution in [0.25, 0.3) is 10.9 Å². The van der Waals surface area contributed by atoms with Gasteiger partial charge in [0.2, 0.25) is 0 Å². The Morgan fingerprint density at radius 2 is 1.64 bits per heavy atom. The average molecular weight is 986 g/mol. The Balaban J connectivity index is 0.955. The van der Waals surface area contributed by atoms with Crippen LogP contribution in [-0.4, -0.2) is 128 Å². The lowest BCUT2D eigenvalue weighted by Gasteiger charge is -2.40. The van der Waals surface area contributed by atoms with Crippen molar-refractivity contribution < 1.29 is 41.9 Å². The second-order valence-electron chi connectivity index (χ2n) is 16.6. The molecule has 3 N–H and O–H groups in total. The molecule has 23 heteroatoms. The van der Waals surface area contributed by atoms with Crippen LogP contribution in [0.3, 0.4) is 0 Å². The topological polar surface area (TPSA) is 244 Å². The molecule has 2 aromatic carbocycles. The molecule has 0 radical (unpaired) electrons. The standard InChI is InChI=1S/C41H46BrClN10O10S/c1-41(2,3)63-40(59)53-12-6-9-33(32(53)19-27(54)22-51-23-46-31-21-29(42)30(43)20-28(31)37(51)56)62-39(58)49-64(60,61)52-15-13-50(14-16-52)38(57)48-35-34(44-10-11-45-35)36(55)47-26-17-24-7-4-5-8-25(24)18-26/h4-5,7-8,10-11,20-21,23,26,32-33H,6,9,12-19,22H2,1-3H3,(H,47,55)(H,49,58)(H,45,48,57)/t32-,33+/m1/s1. The van der Waals surface area contributed by atoms with Gasteiger partial charge in [-0.2, -0.15) is 12.7 Å². The first-order valence-corrected chi connectivity index (χ1v) is 23.0. The van der Waals surface area contributed by atoms with Crippen LogP contribution in [-0.2, 0) is 43.9 Å². The van der Waals surface area contributed by atoms with E-state index in [1.54, 1.807) is 26.8 Å². The van der Waals surface area contributed by atoms with Gasteiger partial charge in [-0.25, -0.2) is 34.1 Å². The number of carbonyl (C=O) groups is 5. The van der Waals surface area contributed by atoms with Gasteiger partial charge in [-0.1, -0.05) is 35.9 Å². The smallest absolute Gasteiger partial charge is 0.422 e. The first-order valence-electron chi connectivity index (χ1n) is 20.4. The van der Waals surface area contributed by atoms with Crippen molar-refractivity contribution in [1.29, 1.82) is 0 Å². The molecule has 2 fully saturated rings. The van der Waals surface area contributed by atoms with E-state index in [-0.39, 0.29) is 73.5 Å². The van der Waals surface area contributed by atoms with Gasteiger partial charge in [-0.05, 0) is 85.6 Å². The molecule has 2 aliphatic heterocycles. The minimum Gasteiger partial charge on any atom is -0.444 e. The van der Waals surface area contributed by atoms with Crippen molar-refractivity contribution in [2.45, 2.75) is 83.2 Å². The van der Waals surface area contributed by atoms with Crippen LogP contribution in [0.5, 0.6) is 0 Å². The summed E-state index contributed by atoms with van der Waals surface area (Å²) in [6.45, 7) is 4.16. The summed E-state index contributed by atoms with van der Waals surface area (Å²) in [4.78, 5) is 95.3. The number of rotatable bonds is 10. The number of likely N-dealkylation sites (tertiary alicyclic amines) is 1. The molecule has 3 aliphatic rings. The van der Waals surface area contributed by atoms with E-state index in [9.17, 15) is 37.2 Å². The Bertz CT molecular complexity index is 2630. The van der Waals surface area contributed by atoms with Crippen LogP contribution < -0.4 is 20.9 Å². The molecular weight excluding hydrogens is 940 g/mol. The number of anilines is 1. The Labute approximate surface area is 381 Å². The van der Waals surface area contributed by atoms with E-state index < -0.39 is 70.0 Å². The molecule has 5 amide bonds. The first kappa shape index (κ1) is 46.3. The molecule has 340 valence electrons. The van der Waals surface area contributed by atoms with Crippen molar-refractivity contribution in [1.82, 2.24) is 43.7 Å². The fourth-order valence-electron chi connectivity index (χ4n) is 7.86. The van der Waals surface area contributed by atoms with Crippen LogP contribution in [0.2, 0.25) is 5.02 Å². The van der Waals surface area contributed by atoms with Crippen LogP contribution in [0.1, 0.15) is 61.6 Å². The van der Waals surface area contributed by atoms with E-state index in [4.69, 9.17) is 21.1 Å². The van der Waals surface area contributed by atoms with Crippen LogP contribution in [0.4, 0.5) is 20.2 Å². The van der Waals surface area contributed by atoms with Gasteiger partial charge in [0.1, 0.15) is 11.7 Å². The summed E-state index contributed by atoms with van der Waals surface area (Å²) in [5.41, 5.74) is 1.15. The highest BCUT2D eigenvalue weighted by molar-refractivity contribution is 9.10. The number of piperazine rings is 1. The van der Waals surface area contributed by atoms with E-state index in [0.29, 0.717) is 29.3 Å². The predicted octanol–water partition coefficient (Wildman–Crippen LogP) is 4.05. The number of hydrogen-bond acceptors (Lipinski definition) is 13. The van der Waals surface area contributed by atoms with Gasteiger partial charge in [-0.15, -0.1) is 0 Å². The minimum atomic E-state index is -4.51. The van der Waals surface area contributed by atoms with Gasteiger partial charge in [0.15, 0.2) is 17.3 Å². The number of ether oxygens (including phenoxy) is 2. The van der Waals surface area contributed by atoms with E-state index in [1.165, 1.54) is 34.6 Å². The van der Waals surface area contributed by atoms with Crippen molar-refractivity contribution in [3.05, 3.63) is 91.8 Å². The fourth-order valence-corrected chi connectivity index (χ4v) is 9.38. The van der Waals surface area contributed by atoms with Crippen molar-refractivity contribution in [3.63, 3.8) is 0 Å². The Kier molecular flexibility index (Phi) is 13.9. The third kappa shape index (κ3) is 11.0. The Hall–Kier alpha value is -5.71. The zero-order valence-corrected chi connectivity index (χ0v) is 38.2. The molecule has 20 nitrogen and oxygen atoms in total. The number of urea groups is 1. The number of nitrogens with one attached hydrogen (secondary N) is 3. The summed E-state index contributed by atoms with van der Waals surface area (Å²) in [7, 11) is -4.51. The molecule has 0 unspecified atom stereocenters. The zero-order valence-electron chi connectivity index (χ0n) is 35.1. The van der Waals surface area contributed by atoms with Crippen LogP contribution >= 0.6 is 27.5 Å². The number of aromatic nitrogens is 4. The highest BCUT2D eigenvalue weighted by atomic mass is 79.9. The normalized spacial score (nSPS) is 18.3. The fraction of sp³-hybridized carbons (Fsp3) is 0.439. The number of halogens is 2. The van der Waals surface area contributed by atoms with E-state index >= 15 is 0 Å². The highest BCUT2D eigenvalue weighted by Crippen LogP contribution is 2.28. The summed E-state index contributed by atoms with van der Waals surface area (Å²) in [5.74, 6) is -1.08. The predicted molar refractivity (Wildman–Crippen MR) is 236 cm³/mol. The number of amides is 5. The third-order valence-electron chi connectivity index (χ3n) is 10.9. The molecule has 0 bridgehead atoms. The van der Waals surface area contributed by atoms with Gasteiger partial charge in [-0.3, -0.25) is 24.3 Å².